The summed E-state index contributed by atoms with van der Waals surface area (Å²) < 4.78 is 16.0. The molecule has 0 atom stereocenters. The van der Waals surface area contributed by atoms with Crippen LogP contribution in [0.5, 0.6) is 11.5 Å². The number of para-hydroxylation sites is 1. The van der Waals surface area contributed by atoms with E-state index in [-0.39, 0.29) is 24.3 Å². The maximum atomic E-state index is 12.5. The van der Waals surface area contributed by atoms with Crippen molar-refractivity contribution < 1.29 is 23.8 Å². The number of benzene rings is 2. The molecular weight excluding hydrogens is 442 g/mol. The van der Waals surface area contributed by atoms with E-state index in [1.807, 2.05) is 32.0 Å². The second kappa shape index (κ2) is 8.18. The first-order chi connectivity index (χ1) is 15.9. The highest BCUT2D eigenvalue weighted by atomic mass is 32.1. The third-order valence-electron chi connectivity index (χ3n) is 5.20. The molecule has 1 aromatic heterocycles. The van der Waals surface area contributed by atoms with Gasteiger partial charge in [-0.25, -0.2) is 14.8 Å². The molecular formula is C24H19N3O5S. The second-order valence-corrected chi connectivity index (χ2v) is 8.39. The number of hydrogen-bond donors (Lipinski definition) is 0. The predicted octanol–water partition coefficient (Wildman–Crippen LogP) is 4.52. The minimum Gasteiger partial charge on any atom is -0.454 e. The molecule has 33 heavy (non-hydrogen) atoms. The van der Waals surface area contributed by atoms with E-state index in [0.717, 1.165) is 16.8 Å². The van der Waals surface area contributed by atoms with Crippen molar-refractivity contribution in [2.75, 3.05) is 11.7 Å². The van der Waals surface area contributed by atoms with Crippen LogP contribution >= 0.6 is 11.3 Å². The van der Waals surface area contributed by atoms with Crippen LogP contribution in [0.4, 0.5) is 10.8 Å². The Hall–Kier alpha value is -3.98. The molecule has 166 valence electrons. The SMILES string of the molecule is CC(=O)N(c1nc(/C=C2/N=C(c3ccc4c(c3)OCO4)OC2=O)cs1)c1c(C)cccc1C. The summed E-state index contributed by atoms with van der Waals surface area (Å²) in [6, 6.07) is 11.1. The average Bonchev–Trinajstić information content (AvgIpc) is 3.51. The van der Waals surface area contributed by atoms with E-state index >= 15 is 0 Å². The smallest absolute Gasteiger partial charge is 0.363 e. The van der Waals surface area contributed by atoms with Crippen LogP contribution in [0, 0.1) is 13.8 Å². The first-order valence-electron chi connectivity index (χ1n) is 10.2. The summed E-state index contributed by atoms with van der Waals surface area (Å²) in [4.78, 5) is 35.4. The molecule has 8 nitrogen and oxygen atoms in total. The minimum absolute atomic E-state index is 0.126. The summed E-state index contributed by atoms with van der Waals surface area (Å²) >= 11 is 1.31. The number of aryl methyl sites for hydroxylation is 2. The lowest BCUT2D eigenvalue weighted by Crippen LogP contribution is -2.24. The fraction of sp³-hybridized carbons (Fsp3) is 0.167. The highest BCUT2D eigenvalue weighted by Gasteiger charge is 2.27. The van der Waals surface area contributed by atoms with Gasteiger partial charge in [0.1, 0.15) is 0 Å². The fourth-order valence-corrected chi connectivity index (χ4v) is 4.52. The summed E-state index contributed by atoms with van der Waals surface area (Å²) in [5.74, 6) is 0.664. The monoisotopic (exact) mass is 461 g/mol. The number of nitrogens with zero attached hydrogens (tertiary/aromatic N) is 3. The Morgan fingerprint density at radius 3 is 2.64 bits per heavy atom. The molecule has 0 radical (unpaired) electrons. The van der Waals surface area contributed by atoms with Crippen LogP contribution in [0.3, 0.4) is 0 Å². The third kappa shape index (κ3) is 3.87. The van der Waals surface area contributed by atoms with Gasteiger partial charge in [-0.3, -0.25) is 9.69 Å². The quantitative estimate of drug-likeness (QED) is 0.419. The number of anilines is 2. The Kier molecular flexibility index (Phi) is 5.18. The van der Waals surface area contributed by atoms with Crippen molar-refractivity contribution >= 4 is 46.0 Å². The molecule has 0 bridgehead atoms. The van der Waals surface area contributed by atoms with E-state index in [2.05, 4.69) is 9.98 Å². The molecule has 5 rings (SSSR count). The van der Waals surface area contributed by atoms with Crippen LogP contribution in [0.2, 0.25) is 0 Å². The van der Waals surface area contributed by atoms with Gasteiger partial charge in [0.25, 0.3) is 0 Å². The van der Waals surface area contributed by atoms with Crippen LogP contribution in [0.15, 0.2) is 52.5 Å². The van der Waals surface area contributed by atoms with E-state index in [1.165, 1.54) is 18.3 Å². The van der Waals surface area contributed by atoms with Gasteiger partial charge in [-0.2, -0.15) is 0 Å². The molecule has 0 N–H and O–H groups in total. The summed E-state index contributed by atoms with van der Waals surface area (Å²) in [5, 5.41) is 2.28. The predicted molar refractivity (Wildman–Crippen MR) is 124 cm³/mol. The minimum atomic E-state index is -0.574. The fourth-order valence-electron chi connectivity index (χ4n) is 3.69. The van der Waals surface area contributed by atoms with E-state index in [9.17, 15) is 9.59 Å². The maximum absolute atomic E-state index is 12.5. The van der Waals surface area contributed by atoms with Crippen molar-refractivity contribution in [1.29, 1.82) is 0 Å². The molecule has 0 saturated carbocycles. The number of aromatic nitrogens is 1. The zero-order chi connectivity index (χ0) is 23.1. The van der Waals surface area contributed by atoms with Gasteiger partial charge < -0.3 is 14.2 Å². The number of aliphatic imine (C=N–C) groups is 1. The van der Waals surface area contributed by atoms with Gasteiger partial charge in [0.15, 0.2) is 22.3 Å². The van der Waals surface area contributed by atoms with Crippen molar-refractivity contribution in [2.45, 2.75) is 20.8 Å². The zero-order valence-electron chi connectivity index (χ0n) is 18.1. The number of hydrogen-bond acceptors (Lipinski definition) is 8. The Morgan fingerprint density at radius 2 is 1.88 bits per heavy atom. The molecule has 3 heterocycles. The largest absolute Gasteiger partial charge is 0.454 e. The Morgan fingerprint density at radius 1 is 1.12 bits per heavy atom. The molecule has 1 amide bonds. The highest BCUT2D eigenvalue weighted by molar-refractivity contribution is 7.14. The van der Waals surface area contributed by atoms with E-state index in [0.29, 0.717) is 27.9 Å². The van der Waals surface area contributed by atoms with Crippen LogP contribution < -0.4 is 14.4 Å². The van der Waals surface area contributed by atoms with E-state index in [4.69, 9.17) is 14.2 Å². The molecule has 2 aliphatic heterocycles. The van der Waals surface area contributed by atoms with Crippen molar-refractivity contribution in [1.82, 2.24) is 4.98 Å². The Bertz CT molecular complexity index is 1340. The van der Waals surface area contributed by atoms with Crippen LogP contribution in [-0.2, 0) is 14.3 Å². The Labute approximate surface area is 193 Å². The van der Waals surface area contributed by atoms with Crippen molar-refractivity contribution in [3.63, 3.8) is 0 Å². The first-order valence-corrected chi connectivity index (χ1v) is 11.0. The van der Waals surface area contributed by atoms with E-state index in [1.54, 1.807) is 34.6 Å². The topological polar surface area (TPSA) is 90.3 Å². The molecule has 9 heteroatoms. The van der Waals surface area contributed by atoms with Crippen molar-refractivity contribution in [2.24, 2.45) is 4.99 Å². The zero-order valence-corrected chi connectivity index (χ0v) is 18.9. The van der Waals surface area contributed by atoms with Gasteiger partial charge in [0.2, 0.25) is 18.6 Å². The molecule has 0 aliphatic carbocycles. The number of amides is 1. The lowest BCUT2D eigenvalue weighted by molar-refractivity contribution is -0.130. The van der Waals surface area contributed by atoms with Crippen LogP contribution in [0.25, 0.3) is 6.08 Å². The molecule has 0 spiro atoms. The molecule has 3 aromatic rings. The number of fused-ring (bicyclic) bond motifs is 1. The van der Waals surface area contributed by atoms with Gasteiger partial charge in [0.05, 0.1) is 11.4 Å². The van der Waals surface area contributed by atoms with Gasteiger partial charge in [-0.05, 0) is 49.2 Å². The van der Waals surface area contributed by atoms with Crippen LogP contribution in [-0.4, -0.2) is 29.6 Å². The maximum Gasteiger partial charge on any atom is 0.363 e. The summed E-state index contributed by atoms with van der Waals surface area (Å²) in [5.41, 5.74) is 3.99. The summed E-state index contributed by atoms with van der Waals surface area (Å²) in [6.45, 7) is 5.56. The van der Waals surface area contributed by atoms with Crippen LogP contribution in [0.1, 0.15) is 29.3 Å². The van der Waals surface area contributed by atoms with Gasteiger partial charge in [-0.1, -0.05) is 18.2 Å². The number of rotatable bonds is 4. The third-order valence-corrected chi connectivity index (χ3v) is 6.05. The number of thiazole rings is 1. The Balaban J connectivity index is 1.45. The number of carbonyl (C=O) groups excluding carboxylic acids is 2. The lowest BCUT2D eigenvalue weighted by Gasteiger charge is -2.22. The second-order valence-electron chi connectivity index (χ2n) is 7.55. The highest BCUT2D eigenvalue weighted by Crippen LogP contribution is 2.35. The first kappa shape index (κ1) is 20.9. The number of esters is 1. The van der Waals surface area contributed by atoms with E-state index < -0.39 is 5.97 Å². The number of cyclic esters (lactones) is 1. The summed E-state index contributed by atoms with van der Waals surface area (Å²) in [7, 11) is 0. The number of carbonyl (C=O) groups is 2. The van der Waals surface area contributed by atoms with Gasteiger partial charge in [0, 0.05) is 17.9 Å². The molecule has 2 aromatic carbocycles. The average molecular weight is 461 g/mol. The number of ether oxygens (including phenoxy) is 3. The molecule has 0 unspecified atom stereocenters. The van der Waals surface area contributed by atoms with Gasteiger partial charge >= 0.3 is 5.97 Å². The van der Waals surface area contributed by atoms with Crippen molar-refractivity contribution in [3.8, 4) is 11.5 Å². The molecule has 0 fully saturated rings. The van der Waals surface area contributed by atoms with Crippen molar-refractivity contribution in [3.05, 3.63) is 69.9 Å². The van der Waals surface area contributed by atoms with Gasteiger partial charge in [-0.15, -0.1) is 11.3 Å². The molecule has 2 aliphatic rings. The summed E-state index contributed by atoms with van der Waals surface area (Å²) in [6.07, 6.45) is 1.55. The lowest BCUT2D eigenvalue weighted by atomic mass is 10.1. The normalized spacial score (nSPS) is 15.5. The molecule has 0 saturated heterocycles. The standard InChI is InChI=1S/C24H19N3O5S/c1-13-5-4-6-14(2)21(13)27(15(3)28)24-25-17(11-33-24)10-18-23(29)32-22(26-18)16-7-8-19-20(9-16)31-12-30-19/h4-11H,12H2,1-3H3/b18-10+.